The molecule has 1 heterocycles. The quantitative estimate of drug-likeness (QED) is 0.831. The molecule has 0 spiro atoms. The molecule has 2 N–H and O–H groups in total. The standard InChI is InChI=1S/C15H31N3/c1-17-10-6-14(7-11-17)12-18(2)15(13-16)8-4-3-5-9-15/h14H,3-13,16H2,1-2H3. The van der Waals surface area contributed by atoms with Crippen molar-refractivity contribution in [2.24, 2.45) is 11.7 Å². The Bertz CT molecular complexity index is 240. The number of rotatable bonds is 4. The van der Waals surface area contributed by atoms with Crippen molar-refractivity contribution >= 4 is 0 Å². The van der Waals surface area contributed by atoms with Crippen molar-refractivity contribution in [2.45, 2.75) is 50.5 Å². The van der Waals surface area contributed by atoms with E-state index in [2.05, 4.69) is 23.9 Å². The molecule has 0 bridgehead atoms. The van der Waals surface area contributed by atoms with Gasteiger partial charge in [-0.25, -0.2) is 0 Å². The molecule has 1 aliphatic carbocycles. The van der Waals surface area contributed by atoms with Crippen LogP contribution < -0.4 is 5.73 Å². The smallest absolute Gasteiger partial charge is 0.0328 e. The van der Waals surface area contributed by atoms with Gasteiger partial charge in [0.25, 0.3) is 0 Å². The monoisotopic (exact) mass is 253 g/mol. The minimum atomic E-state index is 0.321. The van der Waals surface area contributed by atoms with Crippen molar-refractivity contribution in [2.75, 3.05) is 40.3 Å². The summed E-state index contributed by atoms with van der Waals surface area (Å²) in [4.78, 5) is 5.07. The van der Waals surface area contributed by atoms with E-state index in [1.807, 2.05) is 0 Å². The highest BCUT2D eigenvalue weighted by molar-refractivity contribution is 4.93. The van der Waals surface area contributed by atoms with Crippen molar-refractivity contribution in [3.63, 3.8) is 0 Å². The van der Waals surface area contributed by atoms with Gasteiger partial charge in [0.15, 0.2) is 0 Å². The van der Waals surface area contributed by atoms with Crippen LogP contribution in [0, 0.1) is 5.92 Å². The van der Waals surface area contributed by atoms with E-state index in [-0.39, 0.29) is 0 Å². The summed E-state index contributed by atoms with van der Waals surface area (Å²) in [7, 11) is 4.55. The van der Waals surface area contributed by atoms with Gasteiger partial charge in [0.2, 0.25) is 0 Å². The second kappa shape index (κ2) is 6.36. The summed E-state index contributed by atoms with van der Waals surface area (Å²) >= 11 is 0. The summed E-state index contributed by atoms with van der Waals surface area (Å²) in [6.45, 7) is 4.64. The zero-order chi connectivity index (χ0) is 13.0. The highest BCUT2D eigenvalue weighted by atomic mass is 15.2. The van der Waals surface area contributed by atoms with Gasteiger partial charge in [-0.1, -0.05) is 19.3 Å². The fourth-order valence-electron chi connectivity index (χ4n) is 3.78. The fourth-order valence-corrected chi connectivity index (χ4v) is 3.78. The van der Waals surface area contributed by atoms with E-state index in [1.165, 1.54) is 64.6 Å². The van der Waals surface area contributed by atoms with Gasteiger partial charge in [0.1, 0.15) is 0 Å². The van der Waals surface area contributed by atoms with Crippen molar-refractivity contribution in [3.05, 3.63) is 0 Å². The molecule has 3 nitrogen and oxygen atoms in total. The Hall–Kier alpha value is -0.120. The van der Waals surface area contributed by atoms with Crippen LogP contribution in [0.2, 0.25) is 0 Å². The molecule has 2 fully saturated rings. The first-order chi connectivity index (χ1) is 8.66. The third-order valence-electron chi connectivity index (χ3n) is 5.34. The molecule has 3 heteroatoms. The Morgan fingerprint density at radius 1 is 1.17 bits per heavy atom. The molecule has 0 aromatic rings. The number of hydrogen-bond acceptors (Lipinski definition) is 3. The largest absolute Gasteiger partial charge is 0.329 e. The predicted molar refractivity (Wildman–Crippen MR) is 77.7 cm³/mol. The summed E-state index contributed by atoms with van der Waals surface area (Å²) in [6, 6.07) is 0. The number of nitrogens with two attached hydrogens (primary N) is 1. The molecule has 18 heavy (non-hydrogen) atoms. The predicted octanol–water partition coefficient (Wildman–Crippen LogP) is 1.92. The van der Waals surface area contributed by atoms with Gasteiger partial charge < -0.3 is 10.6 Å². The zero-order valence-electron chi connectivity index (χ0n) is 12.3. The van der Waals surface area contributed by atoms with Crippen molar-refractivity contribution in [1.29, 1.82) is 0 Å². The van der Waals surface area contributed by atoms with E-state index in [0.717, 1.165) is 12.5 Å². The van der Waals surface area contributed by atoms with Gasteiger partial charge in [-0.05, 0) is 58.8 Å². The third kappa shape index (κ3) is 3.25. The Balaban J connectivity index is 1.87. The first kappa shape index (κ1) is 14.3. The normalized spacial score (nSPS) is 26.7. The number of hydrogen-bond donors (Lipinski definition) is 1. The number of piperidine rings is 1. The first-order valence-electron chi connectivity index (χ1n) is 7.76. The highest BCUT2D eigenvalue weighted by Gasteiger charge is 2.35. The maximum atomic E-state index is 6.12. The number of nitrogens with zero attached hydrogens (tertiary/aromatic N) is 2. The molecule has 1 saturated heterocycles. The van der Waals surface area contributed by atoms with E-state index in [4.69, 9.17) is 5.73 Å². The summed E-state index contributed by atoms with van der Waals surface area (Å²) in [5.74, 6) is 0.886. The molecule has 106 valence electrons. The van der Waals surface area contributed by atoms with E-state index in [0.29, 0.717) is 5.54 Å². The lowest BCUT2D eigenvalue weighted by atomic mass is 9.79. The Morgan fingerprint density at radius 3 is 2.33 bits per heavy atom. The van der Waals surface area contributed by atoms with Crippen LogP contribution in [0.15, 0.2) is 0 Å². The molecule has 0 radical (unpaired) electrons. The average molecular weight is 253 g/mol. The van der Waals surface area contributed by atoms with E-state index >= 15 is 0 Å². The van der Waals surface area contributed by atoms with Crippen LogP contribution in [0.25, 0.3) is 0 Å². The van der Waals surface area contributed by atoms with E-state index in [1.54, 1.807) is 0 Å². The Labute approximate surface area is 113 Å². The lowest BCUT2D eigenvalue weighted by Crippen LogP contribution is -2.55. The molecule has 0 unspecified atom stereocenters. The van der Waals surface area contributed by atoms with Crippen molar-refractivity contribution in [3.8, 4) is 0 Å². The van der Waals surface area contributed by atoms with Gasteiger partial charge in [-0.3, -0.25) is 4.90 Å². The van der Waals surface area contributed by atoms with Crippen LogP contribution in [0.1, 0.15) is 44.9 Å². The molecule has 0 aromatic carbocycles. The van der Waals surface area contributed by atoms with Gasteiger partial charge in [0, 0.05) is 18.6 Å². The van der Waals surface area contributed by atoms with Gasteiger partial charge in [-0.2, -0.15) is 0 Å². The van der Waals surface area contributed by atoms with E-state index in [9.17, 15) is 0 Å². The number of likely N-dealkylation sites (tertiary alicyclic amines) is 1. The first-order valence-corrected chi connectivity index (χ1v) is 7.76. The summed E-state index contributed by atoms with van der Waals surface area (Å²) in [5, 5.41) is 0. The lowest BCUT2D eigenvalue weighted by molar-refractivity contribution is 0.0553. The number of likely N-dealkylation sites (N-methyl/N-ethyl adjacent to an activating group) is 1. The van der Waals surface area contributed by atoms with Gasteiger partial charge in [-0.15, -0.1) is 0 Å². The van der Waals surface area contributed by atoms with Crippen LogP contribution in [0.5, 0.6) is 0 Å². The van der Waals surface area contributed by atoms with Crippen LogP contribution in [-0.2, 0) is 0 Å². The van der Waals surface area contributed by atoms with Crippen LogP contribution in [-0.4, -0.2) is 55.6 Å². The van der Waals surface area contributed by atoms with Crippen LogP contribution in [0.3, 0.4) is 0 Å². The van der Waals surface area contributed by atoms with E-state index < -0.39 is 0 Å². The molecular weight excluding hydrogens is 222 g/mol. The topological polar surface area (TPSA) is 32.5 Å². The molecule has 0 amide bonds. The molecule has 1 aliphatic heterocycles. The maximum absolute atomic E-state index is 6.12. The molecule has 2 rings (SSSR count). The molecule has 0 aromatic heterocycles. The highest BCUT2D eigenvalue weighted by Crippen LogP contribution is 2.33. The summed E-state index contributed by atoms with van der Waals surface area (Å²) < 4.78 is 0. The lowest BCUT2D eigenvalue weighted by Gasteiger charge is -2.46. The Kier molecular flexibility index (Phi) is 5.05. The SMILES string of the molecule is CN1CCC(CN(C)C2(CN)CCCCC2)CC1. The molecule has 2 aliphatic rings. The molecule has 1 saturated carbocycles. The van der Waals surface area contributed by atoms with Gasteiger partial charge in [0.05, 0.1) is 0 Å². The van der Waals surface area contributed by atoms with Crippen molar-refractivity contribution in [1.82, 2.24) is 9.80 Å². The summed E-state index contributed by atoms with van der Waals surface area (Å²) in [6.07, 6.45) is 9.50. The Morgan fingerprint density at radius 2 is 1.78 bits per heavy atom. The maximum Gasteiger partial charge on any atom is 0.0328 e. The van der Waals surface area contributed by atoms with Crippen LogP contribution in [0.4, 0.5) is 0 Å². The second-order valence-corrected chi connectivity index (χ2v) is 6.62. The minimum Gasteiger partial charge on any atom is -0.329 e. The average Bonchev–Trinajstić information content (AvgIpc) is 2.42. The van der Waals surface area contributed by atoms with Crippen molar-refractivity contribution < 1.29 is 0 Å². The third-order valence-corrected chi connectivity index (χ3v) is 5.34. The summed E-state index contributed by atoms with van der Waals surface area (Å²) in [5.41, 5.74) is 6.44. The molecule has 0 atom stereocenters. The zero-order valence-corrected chi connectivity index (χ0v) is 12.3. The van der Waals surface area contributed by atoms with Crippen LogP contribution >= 0.6 is 0 Å². The molecular formula is C15H31N3. The minimum absolute atomic E-state index is 0.321. The van der Waals surface area contributed by atoms with Gasteiger partial charge >= 0.3 is 0 Å². The second-order valence-electron chi connectivity index (χ2n) is 6.62. The fraction of sp³-hybridized carbons (Fsp3) is 1.00.